The van der Waals surface area contributed by atoms with E-state index in [4.69, 9.17) is 0 Å². The molecule has 3 aromatic rings. The van der Waals surface area contributed by atoms with Gasteiger partial charge in [0.15, 0.2) is 0 Å². The van der Waals surface area contributed by atoms with Gasteiger partial charge in [-0.15, -0.1) is 0 Å². The first-order valence-electron chi connectivity index (χ1n) is 9.82. The van der Waals surface area contributed by atoms with Gasteiger partial charge in [0.2, 0.25) is 0 Å². The highest BCUT2D eigenvalue weighted by Crippen LogP contribution is 2.19. The van der Waals surface area contributed by atoms with E-state index in [0.717, 1.165) is 43.9 Å². The lowest BCUT2D eigenvalue weighted by Crippen LogP contribution is -2.44. The molecule has 0 atom stereocenters. The first-order chi connectivity index (χ1) is 14.1. The standard InChI is InChI=1S/C22H24FN5O/c1-15-21(26-14-25-15)13-28-9-7-19(8-10-28)27-22(29)17-5-6-20(24-12-17)16-3-2-4-18(23)11-16/h2-6,11-12,14,19H,7-10,13H2,1H3,(H,25,26)(H,27,29). The summed E-state index contributed by atoms with van der Waals surface area (Å²) in [7, 11) is 0. The minimum absolute atomic E-state index is 0.120. The van der Waals surface area contributed by atoms with Crippen molar-refractivity contribution in [2.24, 2.45) is 0 Å². The van der Waals surface area contributed by atoms with Crippen LogP contribution >= 0.6 is 0 Å². The zero-order valence-electron chi connectivity index (χ0n) is 16.4. The molecule has 7 heteroatoms. The average Bonchev–Trinajstić information content (AvgIpc) is 3.14. The molecule has 0 bridgehead atoms. The third-order valence-corrected chi connectivity index (χ3v) is 5.38. The van der Waals surface area contributed by atoms with Gasteiger partial charge in [-0.05, 0) is 44.0 Å². The summed E-state index contributed by atoms with van der Waals surface area (Å²) in [6.07, 6.45) is 5.09. The second kappa shape index (κ2) is 8.53. The summed E-state index contributed by atoms with van der Waals surface area (Å²) in [5, 5.41) is 3.11. The van der Waals surface area contributed by atoms with Crippen LogP contribution in [0.5, 0.6) is 0 Å². The molecule has 2 N–H and O–H groups in total. The number of aromatic nitrogens is 3. The Bertz CT molecular complexity index is 977. The van der Waals surface area contributed by atoms with Gasteiger partial charge in [0.05, 0.1) is 23.3 Å². The summed E-state index contributed by atoms with van der Waals surface area (Å²) in [6, 6.07) is 9.90. The van der Waals surface area contributed by atoms with E-state index in [0.29, 0.717) is 16.8 Å². The molecule has 2 aromatic heterocycles. The van der Waals surface area contributed by atoms with Crippen molar-refractivity contribution >= 4 is 5.91 Å². The van der Waals surface area contributed by atoms with Crippen LogP contribution < -0.4 is 5.32 Å². The largest absolute Gasteiger partial charge is 0.349 e. The maximum Gasteiger partial charge on any atom is 0.253 e. The SMILES string of the molecule is Cc1[nH]cnc1CN1CCC(NC(=O)c2ccc(-c3cccc(F)c3)nc2)CC1. The Kier molecular flexibility index (Phi) is 5.67. The number of pyridine rings is 1. The van der Waals surface area contributed by atoms with Crippen LogP contribution in [0.1, 0.15) is 34.6 Å². The number of carbonyl (C=O) groups is 1. The molecule has 6 nitrogen and oxygen atoms in total. The van der Waals surface area contributed by atoms with Crippen molar-refractivity contribution < 1.29 is 9.18 Å². The summed E-state index contributed by atoms with van der Waals surface area (Å²) in [6.45, 7) is 4.71. The van der Waals surface area contributed by atoms with Crippen LogP contribution in [0.15, 0.2) is 48.9 Å². The number of H-pyrrole nitrogens is 1. The number of halogens is 1. The van der Waals surface area contributed by atoms with Crippen LogP contribution in [0.2, 0.25) is 0 Å². The smallest absolute Gasteiger partial charge is 0.253 e. The number of carbonyl (C=O) groups excluding carboxylic acids is 1. The molecule has 1 aromatic carbocycles. The van der Waals surface area contributed by atoms with E-state index in [1.807, 2.05) is 6.92 Å². The summed E-state index contributed by atoms with van der Waals surface area (Å²) >= 11 is 0. The fraction of sp³-hybridized carbons (Fsp3) is 0.318. The van der Waals surface area contributed by atoms with Crippen LogP contribution in [0.4, 0.5) is 4.39 Å². The zero-order valence-corrected chi connectivity index (χ0v) is 16.4. The van der Waals surface area contributed by atoms with E-state index >= 15 is 0 Å². The molecule has 1 amide bonds. The maximum atomic E-state index is 13.4. The van der Waals surface area contributed by atoms with Gasteiger partial charge < -0.3 is 10.3 Å². The molecule has 4 rings (SSSR count). The number of amides is 1. The number of hydrogen-bond acceptors (Lipinski definition) is 4. The van der Waals surface area contributed by atoms with Crippen molar-refractivity contribution in [3.05, 3.63) is 71.7 Å². The minimum atomic E-state index is -0.306. The van der Waals surface area contributed by atoms with Crippen LogP contribution in [0, 0.1) is 12.7 Å². The van der Waals surface area contributed by atoms with E-state index in [2.05, 4.69) is 25.2 Å². The summed E-state index contributed by atoms with van der Waals surface area (Å²) < 4.78 is 13.4. The van der Waals surface area contributed by atoms with Crippen LogP contribution in [0.3, 0.4) is 0 Å². The molecular formula is C22H24FN5O. The van der Waals surface area contributed by atoms with E-state index in [1.165, 1.54) is 12.1 Å². The normalized spacial score (nSPS) is 15.4. The number of imidazole rings is 1. The molecule has 0 radical (unpaired) electrons. The highest BCUT2D eigenvalue weighted by Gasteiger charge is 2.22. The van der Waals surface area contributed by atoms with Crippen molar-refractivity contribution in [3.8, 4) is 11.3 Å². The first-order valence-corrected chi connectivity index (χ1v) is 9.82. The van der Waals surface area contributed by atoms with Gasteiger partial charge in [0.1, 0.15) is 5.82 Å². The third kappa shape index (κ3) is 4.68. The predicted octanol–water partition coefficient (Wildman–Crippen LogP) is 3.31. The van der Waals surface area contributed by atoms with Crippen LogP contribution in [-0.4, -0.2) is 44.9 Å². The number of piperidine rings is 1. The first kappa shape index (κ1) is 19.3. The Morgan fingerprint density at radius 3 is 2.72 bits per heavy atom. The molecule has 0 saturated carbocycles. The van der Waals surface area contributed by atoms with Gasteiger partial charge in [0, 0.05) is 43.1 Å². The van der Waals surface area contributed by atoms with Gasteiger partial charge in [-0.2, -0.15) is 0 Å². The molecule has 0 aliphatic carbocycles. The fourth-order valence-electron chi connectivity index (χ4n) is 3.61. The second-order valence-corrected chi connectivity index (χ2v) is 7.44. The second-order valence-electron chi connectivity index (χ2n) is 7.44. The molecule has 1 aliphatic heterocycles. The zero-order chi connectivity index (χ0) is 20.2. The van der Waals surface area contributed by atoms with Gasteiger partial charge in [-0.3, -0.25) is 14.7 Å². The third-order valence-electron chi connectivity index (χ3n) is 5.38. The molecule has 1 saturated heterocycles. The molecule has 0 spiro atoms. The number of likely N-dealkylation sites (tertiary alicyclic amines) is 1. The van der Waals surface area contributed by atoms with Crippen molar-refractivity contribution in [2.75, 3.05) is 13.1 Å². The summed E-state index contributed by atoms with van der Waals surface area (Å²) in [5.74, 6) is -0.426. The molecular weight excluding hydrogens is 369 g/mol. The Labute approximate surface area is 169 Å². The lowest BCUT2D eigenvalue weighted by molar-refractivity contribution is 0.0908. The molecule has 1 fully saturated rings. The van der Waals surface area contributed by atoms with Crippen molar-refractivity contribution in [3.63, 3.8) is 0 Å². The Hall–Kier alpha value is -3.06. The number of aryl methyl sites for hydroxylation is 1. The molecule has 3 heterocycles. The topological polar surface area (TPSA) is 73.9 Å². The maximum absolute atomic E-state index is 13.4. The van der Waals surface area contributed by atoms with Gasteiger partial charge in [0.25, 0.3) is 5.91 Å². The van der Waals surface area contributed by atoms with Gasteiger partial charge in [-0.1, -0.05) is 12.1 Å². The lowest BCUT2D eigenvalue weighted by atomic mass is 10.0. The number of hydrogen-bond donors (Lipinski definition) is 2. The number of nitrogens with zero attached hydrogens (tertiary/aromatic N) is 3. The average molecular weight is 393 g/mol. The van der Waals surface area contributed by atoms with E-state index in [1.54, 1.807) is 36.8 Å². The quantitative estimate of drug-likeness (QED) is 0.697. The predicted molar refractivity (Wildman–Crippen MR) is 109 cm³/mol. The van der Waals surface area contributed by atoms with Crippen molar-refractivity contribution in [2.45, 2.75) is 32.4 Å². The van der Waals surface area contributed by atoms with Crippen molar-refractivity contribution in [1.82, 2.24) is 25.2 Å². The highest BCUT2D eigenvalue weighted by molar-refractivity contribution is 5.94. The van der Waals surface area contributed by atoms with E-state index in [-0.39, 0.29) is 17.8 Å². The summed E-state index contributed by atoms with van der Waals surface area (Å²) in [4.78, 5) is 26.7. The number of nitrogens with one attached hydrogen (secondary N) is 2. The Balaban J connectivity index is 1.30. The molecule has 29 heavy (non-hydrogen) atoms. The fourth-order valence-corrected chi connectivity index (χ4v) is 3.61. The molecule has 150 valence electrons. The van der Waals surface area contributed by atoms with Gasteiger partial charge in [-0.25, -0.2) is 9.37 Å². The van der Waals surface area contributed by atoms with Crippen LogP contribution in [0.25, 0.3) is 11.3 Å². The van der Waals surface area contributed by atoms with Gasteiger partial charge >= 0.3 is 0 Å². The Morgan fingerprint density at radius 2 is 2.07 bits per heavy atom. The number of aromatic amines is 1. The summed E-state index contributed by atoms with van der Waals surface area (Å²) in [5.41, 5.74) is 4.03. The van der Waals surface area contributed by atoms with Crippen LogP contribution in [-0.2, 0) is 6.54 Å². The molecule has 0 unspecified atom stereocenters. The van der Waals surface area contributed by atoms with Crippen molar-refractivity contribution in [1.29, 1.82) is 0 Å². The highest BCUT2D eigenvalue weighted by atomic mass is 19.1. The molecule has 1 aliphatic rings. The lowest BCUT2D eigenvalue weighted by Gasteiger charge is -2.32. The van der Waals surface area contributed by atoms with E-state index in [9.17, 15) is 9.18 Å². The number of rotatable bonds is 5. The monoisotopic (exact) mass is 393 g/mol. The van der Waals surface area contributed by atoms with E-state index < -0.39 is 0 Å². The minimum Gasteiger partial charge on any atom is -0.349 e. The number of benzene rings is 1. The Morgan fingerprint density at radius 1 is 1.24 bits per heavy atom.